The molecule has 90 valence electrons. The van der Waals surface area contributed by atoms with Crippen molar-refractivity contribution in [2.45, 2.75) is 33.3 Å². The van der Waals surface area contributed by atoms with E-state index in [0.717, 1.165) is 0 Å². The first-order valence-electron chi connectivity index (χ1n) is 5.27. The number of hydrogen-bond donors (Lipinski definition) is 1. The van der Waals surface area contributed by atoms with E-state index in [-0.39, 0.29) is 11.3 Å². The lowest BCUT2D eigenvalue weighted by Gasteiger charge is -2.37. The van der Waals surface area contributed by atoms with E-state index >= 15 is 0 Å². The summed E-state index contributed by atoms with van der Waals surface area (Å²) in [6, 6.07) is 4.80. The smallest absolute Gasteiger partial charge is 0.171 e. The number of methoxy groups -OCH3 is 1. The molecule has 1 aromatic rings. The molecule has 0 amide bonds. The first-order chi connectivity index (χ1) is 7.21. The van der Waals surface area contributed by atoms with Crippen molar-refractivity contribution in [3.05, 3.63) is 29.6 Å². The van der Waals surface area contributed by atoms with Gasteiger partial charge in [-0.15, -0.1) is 0 Å². The van der Waals surface area contributed by atoms with Crippen molar-refractivity contribution in [1.82, 2.24) is 0 Å². The van der Waals surface area contributed by atoms with Crippen LogP contribution in [0, 0.1) is 11.2 Å². The van der Waals surface area contributed by atoms with Crippen LogP contribution in [0.15, 0.2) is 18.2 Å². The Morgan fingerprint density at radius 2 is 1.75 bits per heavy atom. The van der Waals surface area contributed by atoms with Crippen LogP contribution in [0.2, 0.25) is 0 Å². The third kappa shape index (κ3) is 2.05. The zero-order valence-electron chi connectivity index (χ0n) is 10.5. The summed E-state index contributed by atoms with van der Waals surface area (Å²) in [5.74, 6) is -0.341. The third-order valence-corrected chi connectivity index (χ3v) is 3.17. The van der Waals surface area contributed by atoms with Crippen LogP contribution in [0.5, 0.6) is 5.75 Å². The minimum atomic E-state index is -1.24. The Balaban J connectivity index is 3.34. The van der Waals surface area contributed by atoms with Gasteiger partial charge in [-0.3, -0.25) is 0 Å². The van der Waals surface area contributed by atoms with E-state index in [2.05, 4.69) is 0 Å². The molecule has 0 heterocycles. The predicted molar refractivity (Wildman–Crippen MR) is 62.0 cm³/mol. The quantitative estimate of drug-likeness (QED) is 0.839. The van der Waals surface area contributed by atoms with Crippen LogP contribution in [0.4, 0.5) is 4.39 Å². The molecule has 16 heavy (non-hydrogen) atoms. The van der Waals surface area contributed by atoms with Gasteiger partial charge in [0.15, 0.2) is 11.6 Å². The van der Waals surface area contributed by atoms with Crippen LogP contribution in [0.25, 0.3) is 0 Å². The molecule has 0 spiro atoms. The van der Waals surface area contributed by atoms with Gasteiger partial charge in [0, 0.05) is 5.56 Å². The van der Waals surface area contributed by atoms with Crippen molar-refractivity contribution in [2.24, 2.45) is 5.41 Å². The van der Waals surface area contributed by atoms with E-state index in [9.17, 15) is 9.50 Å². The molecule has 3 heteroatoms. The van der Waals surface area contributed by atoms with Gasteiger partial charge < -0.3 is 9.84 Å². The van der Waals surface area contributed by atoms with E-state index < -0.39 is 16.8 Å². The summed E-state index contributed by atoms with van der Waals surface area (Å²) >= 11 is 0. The van der Waals surface area contributed by atoms with Crippen LogP contribution in [-0.4, -0.2) is 12.2 Å². The molecule has 0 aliphatic heterocycles. The van der Waals surface area contributed by atoms with Crippen molar-refractivity contribution in [2.75, 3.05) is 7.11 Å². The van der Waals surface area contributed by atoms with Crippen LogP contribution < -0.4 is 4.74 Å². The molecule has 1 aromatic carbocycles. The van der Waals surface area contributed by atoms with Gasteiger partial charge in [0.05, 0.1) is 12.7 Å². The maximum absolute atomic E-state index is 14.0. The second-order valence-corrected chi connectivity index (χ2v) is 5.14. The average Bonchev–Trinajstić information content (AvgIpc) is 2.16. The first-order valence-corrected chi connectivity index (χ1v) is 5.27. The van der Waals surface area contributed by atoms with Crippen molar-refractivity contribution in [3.8, 4) is 5.75 Å². The van der Waals surface area contributed by atoms with E-state index in [1.54, 1.807) is 19.1 Å². The Morgan fingerprint density at radius 1 is 1.19 bits per heavy atom. The topological polar surface area (TPSA) is 29.5 Å². The summed E-state index contributed by atoms with van der Waals surface area (Å²) in [6.07, 6.45) is 0. The van der Waals surface area contributed by atoms with Crippen molar-refractivity contribution < 1.29 is 14.2 Å². The van der Waals surface area contributed by atoms with Gasteiger partial charge in [-0.1, -0.05) is 32.9 Å². The van der Waals surface area contributed by atoms with E-state index in [1.165, 1.54) is 13.2 Å². The largest absolute Gasteiger partial charge is 0.494 e. The maximum atomic E-state index is 14.0. The molecule has 1 atom stereocenters. The number of halogens is 1. The zero-order valence-corrected chi connectivity index (χ0v) is 10.5. The van der Waals surface area contributed by atoms with Crippen LogP contribution in [0.1, 0.15) is 33.3 Å². The maximum Gasteiger partial charge on any atom is 0.171 e. The average molecular weight is 226 g/mol. The highest BCUT2D eigenvalue weighted by Gasteiger charge is 2.39. The lowest BCUT2D eigenvalue weighted by atomic mass is 9.73. The molecular weight excluding hydrogens is 207 g/mol. The van der Waals surface area contributed by atoms with Crippen LogP contribution in [0.3, 0.4) is 0 Å². The Labute approximate surface area is 96.1 Å². The monoisotopic (exact) mass is 226 g/mol. The SMILES string of the molecule is COc1cccc(C(C)(O)C(C)(C)C)c1F. The van der Waals surface area contributed by atoms with E-state index in [1.807, 2.05) is 20.8 Å². The minimum Gasteiger partial charge on any atom is -0.494 e. The number of hydrogen-bond acceptors (Lipinski definition) is 2. The summed E-state index contributed by atoms with van der Waals surface area (Å²) in [7, 11) is 1.41. The molecule has 0 aliphatic rings. The van der Waals surface area contributed by atoms with Crippen LogP contribution >= 0.6 is 0 Å². The zero-order chi connectivity index (χ0) is 12.6. The normalized spacial score (nSPS) is 15.7. The highest BCUT2D eigenvalue weighted by Crippen LogP contribution is 2.41. The third-order valence-electron chi connectivity index (χ3n) is 3.17. The fourth-order valence-electron chi connectivity index (χ4n) is 1.45. The van der Waals surface area contributed by atoms with Gasteiger partial charge >= 0.3 is 0 Å². The number of aliphatic hydroxyl groups is 1. The second kappa shape index (κ2) is 4.06. The lowest BCUT2D eigenvalue weighted by Crippen LogP contribution is -2.37. The molecule has 1 unspecified atom stereocenters. The number of benzene rings is 1. The molecule has 0 bridgehead atoms. The summed E-state index contributed by atoms with van der Waals surface area (Å²) in [6.45, 7) is 7.22. The van der Waals surface area contributed by atoms with Crippen molar-refractivity contribution in [1.29, 1.82) is 0 Å². The molecule has 0 aromatic heterocycles. The molecule has 0 radical (unpaired) electrons. The molecule has 0 fully saturated rings. The summed E-state index contributed by atoms with van der Waals surface area (Å²) in [5, 5.41) is 10.4. The molecule has 0 saturated carbocycles. The number of ether oxygens (including phenoxy) is 1. The fraction of sp³-hybridized carbons (Fsp3) is 0.538. The highest BCUT2D eigenvalue weighted by atomic mass is 19.1. The number of rotatable bonds is 2. The Hall–Kier alpha value is -1.09. The minimum absolute atomic E-state index is 0.155. The molecule has 0 saturated heterocycles. The van der Waals surface area contributed by atoms with Gasteiger partial charge in [-0.2, -0.15) is 0 Å². The summed E-state index contributed by atoms with van der Waals surface area (Å²) in [5.41, 5.74) is -1.44. The fourth-order valence-corrected chi connectivity index (χ4v) is 1.45. The molecule has 1 rings (SSSR count). The molecule has 1 N–H and O–H groups in total. The lowest BCUT2D eigenvalue weighted by molar-refractivity contribution is -0.0499. The Morgan fingerprint density at radius 3 is 2.19 bits per heavy atom. The van der Waals surface area contributed by atoms with Crippen LogP contribution in [-0.2, 0) is 5.60 Å². The van der Waals surface area contributed by atoms with Gasteiger partial charge in [-0.25, -0.2) is 4.39 Å². The predicted octanol–water partition coefficient (Wildman–Crippen LogP) is 3.09. The van der Waals surface area contributed by atoms with E-state index in [0.29, 0.717) is 0 Å². The Bertz CT molecular complexity index is 378. The van der Waals surface area contributed by atoms with Gasteiger partial charge in [0.25, 0.3) is 0 Å². The Kier molecular flexibility index (Phi) is 3.29. The molecule has 2 nitrogen and oxygen atoms in total. The standard InChI is InChI=1S/C13H19FO2/c1-12(2,3)13(4,15)9-7-6-8-10(16-5)11(9)14/h6-8,15H,1-5H3. The summed E-state index contributed by atoms with van der Waals surface area (Å²) < 4.78 is 18.9. The first kappa shape index (κ1) is 13.0. The highest BCUT2D eigenvalue weighted by molar-refractivity contribution is 5.35. The summed E-state index contributed by atoms with van der Waals surface area (Å²) in [4.78, 5) is 0. The van der Waals surface area contributed by atoms with Gasteiger partial charge in [-0.05, 0) is 18.4 Å². The van der Waals surface area contributed by atoms with E-state index in [4.69, 9.17) is 4.74 Å². The van der Waals surface area contributed by atoms with Crippen molar-refractivity contribution in [3.63, 3.8) is 0 Å². The molecular formula is C13H19FO2. The van der Waals surface area contributed by atoms with Crippen molar-refractivity contribution >= 4 is 0 Å². The van der Waals surface area contributed by atoms with Gasteiger partial charge in [0.2, 0.25) is 0 Å². The second-order valence-electron chi connectivity index (χ2n) is 5.14. The molecule has 0 aliphatic carbocycles. The van der Waals surface area contributed by atoms with Gasteiger partial charge in [0.1, 0.15) is 0 Å².